The van der Waals surface area contributed by atoms with Gasteiger partial charge in [0.15, 0.2) is 0 Å². The standard InChI is InChI=1S/C22H28ClN5O2/c1-16-17(13-26(2)24-16)14-28-9-11-30-22(15-28)21-12-19(27(3)25-21)8-10-29-20-6-4-18(23)5-7-20/h4-7,12-13,22H,8-11,14-15H2,1-3H3. The summed E-state index contributed by atoms with van der Waals surface area (Å²) in [7, 11) is 3.94. The van der Waals surface area contributed by atoms with Gasteiger partial charge in [-0.3, -0.25) is 14.3 Å². The molecule has 160 valence electrons. The first kappa shape index (κ1) is 20.9. The van der Waals surface area contributed by atoms with Gasteiger partial charge in [0.1, 0.15) is 11.9 Å². The molecular weight excluding hydrogens is 402 g/mol. The number of morpholine rings is 1. The number of hydrogen-bond acceptors (Lipinski definition) is 5. The highest BCUT2D eigenvalue weighted by Crippen LogP contribution is 2.24. The highest BCUT2D eigenvalue weighted by atomic mass is 35.5. The van der Waals surface area contributed by atoms with Crippen LogP contribution in [0.4, 0.5) is 0 Å². The summed E-state index contributed by atoms with van der Waals surface area (Å²) in [6, 6.07) is 9.56. The summed E-state index contributed by atoms with van der Waals surface area (Å²) in [5, 5.41) is 9.87. The van der Waals surface area contributed by atoms with Crippen LogP contribution in [0, 0.1) is 6.92 Å². The highest BCUT2D eigenvalue weighted by Gasteiger charge is 2.25. The molecule has 0 saturated carbocycles. The summed E-state index contributed by atoms with van der Waals surface area (Å²) in [5.41, 5.74) is 4.45. The van der Waals surface area contributed by atoms with Crippen molar-refractivity contribution in [2.75, 3.05) is 26.3 Å². The Bertz CT molecular complexity index is 982. The molecule has 8 heteroatoms. The number of benzene rings is 1. The molecule has 1 atom stereocenters. The Morgan fingerprint density at radius 2 is 2.00 bits per heavy atom. The van der Waals surface area contributed by atoms with Crippen molar-refractivity contribution in [3.8, 4) is 5.75 Å². The van der Waals surface area contributed by atoms with Crippen molar-refractivity contribution in [1.82, 2.24) is 24.5 Å². The van der Waals surface area contributed by atoms with Crippen LogP contribution < -0.4 is 4.74 Å². The first-order valence-electron chi connectivity index (χ1n) is 10.2. The second-order valence-electron chi connectivity index (χ2n) is 7.74. The molecule has 0 radical (unpaired) electrons. The molecule has 4 rings (SSSR count). The fourth-order valence-corrected chi connectivity index (χ4v) is 3.92. The first-order chi connectivity index (χ1) is 14.5. The molecule has 1 aliphatic rings. The molecule has 1 unspecified atom stereocenters. The molecule has 0 bridgehead atoms. The number of aryl methyl sites for hydroxylation is 3. The van der Waals surface area contributed by atoms with E-state index in [0.29, 0.717) is 18.2 Å². The van der Waals surface area contributed by atoms with Crippen LogP contribution in [0.3, 0.4) is 0 Å². The van der Waals surface area contributed by atoms with E-state index in [2.05, 4.69) is 29.2 Å². The Hall–Kier alpha value is -2.35. The molecule has 1 aliphatic heterocycles. The molecule has 3 aromatic rings. The summed E-state index contributed by atoms with van der Waals surface area (Å²) in [5.74, 6) is 0.818. The van der Waals surface area contributed by atoms with Crippen molar-refractivity contribution in [2.45, 2.75) is 26.0 Å². The van der Waals surface area contributed by atoms with Gasteiger partial charge < -0.3 is 9.47 Å². The maximum Gasteiger partial charge on any atom is 0.119 e. The van der Waals surface area contributed by atoms with Gasteiger partial charge in [0.25, 0.3) is 0 Å². The number of nitrogens with zero attached hydrogens (tertiary/aromatic N) is 5. The third-order valence-electron chi connectivity index (χ3n) is 5.43. The number of hydrogen-bond donors (Lipinski definition) is 0. The van der Waals surface area contributed by atoms with E-state index in [-0.39, 0.29) is 6.10 Å². The van der Waals surface area contributed by atoms with E-state index in [1.54, 1.807) is 0 Å². The van der Waals surface area contributed by atoms with Crippen molar-refractivity contribution in [2.24, 2.45) is 14.1 Å². The molecule has 0 N–H and O–H groups in total. The van der Waals surface area contributed by atoms with Crippen molar-refractivity contribution in [3.63, 3.8) is 0 Å². The predicted molar refractivity (Wildman–Crippen MR) is 116 cm³/mol. The summed E-state index contributed by atoms with van der Waals surface area (Å²) in [4.78, 5) is 2.41. The SMILES string of the molecule is Cc1nn(C)cc1CN1CCOC(c2cc(CCOc3ccc(Cl)cc3)n(C)n2)C1. The van der Waals surface area contributed by atoms with Gasteiger partial charge >= 0.3 is 0 Å². The van der Waals surface area contributed by atoms with Gasteiger partial charge in [-0.25, -0.2) is 0 Å². The van der Waals surface area contributed by atoms with Gasteiger partial charge in [-0.15, -0.1) is 0 Å². The number of aromatic nitrogens is 4. The zero-order chi connectivity index (χ0) is 21.1. The zero-order valence-corrected chi connectivity index (χ0v) is 18.5. The van der Waals surface area contributed by atoms with E-state index in [1.807, 2.05) is 47.7 Å². The molecular formula is C22H28ClN5O2. The molecule has 3 heterocycles. The van der Waals surface area contributed by atoms with Crippen molar-refractivity contribution in [1.29, 1.82) is 0 Å². The lowest BCUT2D eigenvalue weighted by Crippen LogP contribution is -2.38. The van der Waals surface area contributed by atoms with Crippen LogP contribution >= 0.6 is 11.6 Å². The van der Waals surface area contributed by atoms with Crippen molar-refractivity contribution in [3.05, 3.63) is 64.2 Å². The number of halogens is 1. The minimum Gasteiger partial charge on any atom is -0.493 e. The highest BCUT2D eigenvalue weighted by molar-refractivity contribution is 6.30. The molecule has 7 nitrogen and oxygen atoms in total. The average molecular weight is 430 g/mol. The van der Waals surface area contributed by atoms with E-state index in [0.717, 1.165) is 48.9 Å². The third kappa shape index (κ3) is 5.03. The largest absolute Gasteiger partial charge is 0.493 e. The molecule has 1 fully saturated rings. The summed E-state index contributed by atoms with van der Waals surface area (Å²) < 4.78 is 15.7. The van der Waals surface area contributed by atoms with E-state index in [9.17, 15) is 0 Å². The lowest BCUT2D eigenvalue weighted by molar-refractivity contribution is -0.0352. The van der Waals surface area contributed by atoms with Crippen LogP contribution in [0.15, 0.2) is 36.5 Å². The predicted octanol–water partition coefficient (Wildman–Crippen LogP) is 3.31. The lowest BCUT2D eigenvalue weighted by Gasteiger charge is -2.31. The van der Waals surface area contributed by atoms with E-state index >= 15 is 0 Å². The lowest BCUT2D eigenvalue weighted by atomic mass is 10.1. The molecule has 1 aromatic carbocycles. The van der Waals surface area contributed by atoms with Crippen LogP contribution in [0.5, 0.6) is 5.75 Å². The second kappa shape index (κ2) is 9.20. The molecule has 2 aromatic heterocycles. The minimum absolute atomic E-state index is 0.0205. The quantitative estimate of drug-likeness (QED) is 0.576. The van der Waals surface area contributed by atoms with Gasteiger partial charge in [-0.1, -0.05) is 11.6 Å². The Morgan fingerprint density at radius 1 is 1.20 bits per heavy atom. The minimum atomic E-state index is -0.0205. The van der Waals surface area contributed by atoms with E-state index in [4.69, 9.17) is 26.2 Å². The Balaban J connectivity index is 1.34. The van der Waals surface area contributed by atoms with E-state index in [1.165, 1.54) is 5.56 Å². The van der Waals surface area contributed by atoms with Crippen LogP contribution in [0.25, 0.3) is 0 Å². The zero-order valence-electron chi connectivity index (χ0n) is 17.7. The molecule has 0 aliphatic carbocycles. The first-order valence-corrected chi connectivity index (χ1v) is 10.6. The van der Waals surface area contributed by atoms with Crippen molar-refractivity contribution < 1.29 is 9.47 Å². The van der Waals surface area contributed by atoms with Gasteiger partial charge in [-0.2, -0.15) is 10.2 Å². The Morgan fingerprint density at radius 3 is 2.73 bits per heavy atom. The molecule has 1 saturated heterocycles. The Kier molecular flexibility index (Phi) is 6.41. The maximum atomic E-state index is 6.04. The fourth-order valence-electron chi connectivity index (χ4n) is 3.80. The fraction of sp³-hybridized carbons (Fsp3) is 0.455. The van der Waals surface area contributed by atoms with Gasteiger partial charge in [0.05, 0.1) is 24.6 Å². The third-order valence-corrected chi connectivity index (χ3v) is 5.68. The van der Waals surface area contributed by atoms with E-state index < -0.39 is 0 Å². The normalized spacial score (nSPS) is 17.4. The Labute approximate surface area is 182 Å². The van der Waals surface area contributed by atoms with Gasteiger partial charge in [0.2, 0.25) is 0 Å². The average Bonchev–Trinajstić information content (AvgIpc) is 3.25. The summed E-state index contributed by atoms with van der Waals surface area (Å²) >= 11 is 5.92. The van der Waals surface area contributed by atoms with Gasteiger partial charge in [0, 0.05) is 62.6 Å². The van der Waals surface area contributed by atoms with Gasteiger partial charge in [-0.05, 0) is 37.3 Å². The summed E-state index contributed by atoms with van der Waals surface area (Å²) in [6.07, 6.45) is 2.85. The number of ether oxygens (including phenoxy) is 2. The summed E-state index contributed by atoms with van der Waals surface area (Å²) in [6.45, 7) is 5.97. The molecule has 0 amide bonds. The maximum absolute atomic E-state index is 6.04. The monoisotopic (exact) mass is 429 g/mol. The van der Waals surface area contributed by atoms with Crippen LogP contribution in [-0.2, 0) is 31.8 Å². The molecule has 30 heavy (non-hydrogen) atoms. The molecule has 0 spiro atoms. The van der Waals surface area contributed by atoms with Crippen LogP contribution in [0.2, 0.25) is 5.02 Å². The second-order valence-corrected chi connectivity index (χ2v) is 8.18. The van der Waals surface area contributed by atoms with Crippen LogP contribution in [0.1, 0.15) is 28.7 Å². The number of rotatable bonds is 7. The van der Waals surface area contributed by atoms with Crippen LogP contribution in [-0.4, -0.2) is 50.8 Å². The smallest absolute Gasteiger partial charge is 0.119 e. The topological polar surface area (TPSA) is 57.3 Å². The van der Waals surface area contributed by atoms with Crippen molar-refractivity contribution >= 4 is 11.6 Å².